The second-order valence-electron chi connectivity index (χ2n) is 3.03. The second-order valence-corrected chi connectivity index (χ2v) is 3.03. The molecule has 68 valence electrons. The van der Waals surface area contributed by atoms with Crippen molar-refractivity contribution in [2.24, 2.45) is 11.7 Å². The molecule has 1 rings (SSSR count). The first-order chi connectivity index (χ1) is 5.79. The minimum atomic E-state index is 0.0266. The molecule has 0 aliphatic rings. The summed E-state index contributed by atoms with van der Waals surface area (Å²) < 4.78 is 4.74. The molecule has 1 aromatic rings. The van der Waals surface area contributed by atoms with E-state index in [1.165, 1.54) is 0 Å². The first kappa shape index (κ1) is 9.26. The van der Waals surface area contributed by atoms with Crippen molar-refractivity contribution in [2.75, 3.05) is 0 Å². The normalized spacial score (nSPS) is 13.7. The molecule has 0 spiro atoms. The van der Waals surface area contributed by atoms with Crippen LogP contribution in [0.4, 0.5) is 0 Å². The predicted molar refractivity (Wildman–Crippen MR) is 47.5 cm³/mol. The molecule has 0 radical (unpaired) electrons. The highest BCUT2D eigenvalue weighted by Crippen LogP contribution is 2.23. The van der Waals surface area contributed by atoms with Crippen molar-refractivity contribution in [3.63, 3.8) is 0 Å². The van der Waals surface area contributed by atoms with Gasteiger partial charge in [0.15, 0.2) is 0 Å². The lowest BCUT2D eigenvalue weighted by Gasteiger charge is -2.18. The summed E-state index contributed by atoms with van der Waals surface area (Å²) in [4.78, 5) is 0. The highest BCUT2D eigenvalue weighted by atomic mass is 16.5. The smallest absolute Gasteiger partial charge is 0.124 e. The van der Waals surface area contributed by atoms with Crippen LogP contribution < -0.4 is 5.73 Å². The van der Waals surface area contributed by atoms with Crippen LogP contribution in [-0.4, -0.2) is 5.16 Å². The van der Waals surface area contributed by atoms with Gasteiger partial charge in [-0.2, -0.15) is 0 Å². The van der Waals surface area contributed by atoms with Gasteiger partial charge < -0.3 is 10.3 Å². The molecule has 0 saturated heterocycles. The van der Waals surface area contributed by atoms with Gasteiger partial charge in [0.05, 0.1) is 6.04 Å². The number of nitrogens with two attached hydrogens (primary N) is 1. The zero-order valence-electron chi connectivity index (χ0n) is 7.66. The molecule has 1 heterocycles. The van der Waals surface area contributed by atoms with Gasteiger partial charge in [0.1, 0.15) is 12.0 Å². The average Bonchev–Trinajstić information content (AvgIpc) is 2.58. The molecule has 0 amide bonds. The number of nitrogens with zero attached hydrogens (tertiary/aromatic N) is 1. The molecule has 1 aromatic heterocycles. The van der Waals surface area contributed by atoms with Gasteiger partial charge in [-0.05, 0) is 5.92 Å². The van der Waals surface area contributed by atoms with Crippen molar-refractivity contribution < 1.29 is 4.52 Å². The summed E-state index contributed by atoms with van der Waals surface area (Å²) in [6, 6.07) is 1.86. The van der Waals surface area contributed by atoms with Gasteiger partial charge in [-0.1, -0.05) is 31.8 Å². The van der Waals surface area contributed by atoms with Crippen molar-refractivity contribution in [2.45, 2.75) is 32.7 Å². The summed E-state index contributed by atoms with van der Waals surface area (Å²) in [6.07, 6.45) is 3.74. The number of rotatable bonds is 4. The lowest BCUT2D eigenvalue weighted by molar-refractivity contribution is 0.361. The van der Waals surface area contributed by atoms with Crippen molar-refractivity contribution >= 4 is 0 Å². The molecule has 0 bridgehead atoms. The number of hydrogen-bond acceptors (Lipinski definition) is 3. The molecule has 12 heavy (non-hydrogen) atoms. The zero-order valence-corrected chi connectivity index (χ0v) is 7.66. The molecule has 1 unspecified atom stereocenters. The lowest BCUT2D eigenvalue weighted by atomic mass is 9.93. The minimum absolute atomic E-state index is 0.0266. The Kier molecular flexibility index (Phi) is 3.29. The second kappa shape index (κ2) is 4.26. The van der Waals surface area contributed by atoms with Crippen molar-refractivity contribution in [3.05, 3.63) is 18.0 Å². The summed E-state index contributed by atoms with van der Waals surface area (Å²) in [7, 11) is 0. The standard InChI is InChI=1S/C9H16N2O/c1-3-7(4-2)9(10)8-5-6-12-11-8/h5-7,9H,3-4,10H2,1-2H3. The Hall–Kier alpha value is -0.830. The Labute approximate surface area is 72.9 Å². The van der Waals surface area contributed by atoms with Crippen molar-refractivity contribution in [3.8, 4) is 0 Å². The molecule has 3 heteroatoms. The van der Waals surface area contributed by atoms with Gasteiger partial charge in [-0.3, -0.25) is 0 Å². The molecular formula is C9H16N2O. The van der Waals surface area contributed by atoms with E-state index in [1.807, 2.05) is 6.07 Å². The fourth-order valence-electron chi connectivity index (χ4n) is 1.43. The van der Waals surface area contributed by atoms with E-state index in [9.17, 15) is 0 Å². The number of aromatic nitrogens is 1. The average molecular weight is 168 g/mol. The van der Waals surface area contributed by atoms with Crippen LogP contribution in [0.1, 0.15) is 38.4 Å². The Morgan fingerprint density at radius 3 is 2.58 bits per heavy atom. The molecular weight excluding hydrogens is 152 g/mol. The van der Waals surface area contributed by atoms with E-state index in [0.29, 0.717) is 5.92 Å². The topological polar surface area (TPSA) is 52.0 Å². The third-order valence-electron chi connectivity index (χ3n) is 2.36. The van der Waals surface area contributed by atoms with Gasteiger partial charge in [-0.25, -0.2) is 0 Å². The third-order valence-corrected chi connectivity index (χ3v) is 2.36. The first-order valence-corrected chi connectivity index (χ1v) is 4.45. The van der Waals surface area contributed by atoms with Crippen LogP contribution >= 0.6 is 0 Å². The quantitative estimate of drug-likeness (QED) is 0.749. The molecule has 0 aliphatic carbocycles. The Morgan fingerprint density at radius 1 is 1.50 bits per heavy atom. The van der Waals surface area contributed by atoms with Crippen LogP contribution in [0.3, 0.4) is 0 Å². The van der Waals surface area contributed by atoms with Gasteiger partial charge in [-0.15, -0.1) is 0 Å². The summed E-state index contributed by atoms with van der Waals surface area (Å²) in [5.74, 6) is 0.509. The molecule has 0 aliphatic heterocycles. The maximum atomic E-state index is 5.98. The van der Waals surface area contributed by atoms with Gasteiger partial charge in [0.2, 0.25) is 0 Å². The molecule has 3 nitrogen and oxygen atoms in total. The van der Waals surface area contributed by atoms with E-state index in [4.69, 9.17) is 10.3 Å². The summed E-state index contributed by atoms with van der Waals surface area (Å²) in [6.45, 7) is 4.29. The van der Waals surface area contributed by atoms with Crippen molar-refractivity contribution in [1.82, 2.24) is 5.16 Å². The predicted octanol–water partition coefficient (Wildman–Crippen LogP) is 2.11. The maximum Gasteiger partial charge on any atom is 0.124 e. The summed E-state index contributed by atoms with van der Waals surface area (Å²) in [5, 5.41) is 3.83. The lowest BCUT2D eigenvalue weighted by Crippen LogP contribution is -2.20. The maximum absolute atomic E-state index is 5.98. The zero-order chi connectivity index (χ0) is 8.97. The monoisotopic (exact) mass is 168 g/mol. The van der Waals surface area contributed by atoms with Crippen LogP contribution in [0, 0.1) is 5.92 Å². The van der Waals surface area contributed by atoms with Crippen LogP contribution in [0.2, 0.25) is 0 Å². The fraction of sp³-hybridized carbons (Fsp3) is 0.667. The SMILES string of the molecule is CCC(CC)C(N)c1ccon1. The molecule has 0 aromatic carbocycles. The molecule has 2 N–H and O–H groups in total. The Balaban J connectivity index is 2.63. The summed E-state index contributed by atoms with van der Waals surface area (Å²) in [5.41, 5.74) is 6.85. The van der Waals surface area contributed by atoms with E-state index in [-0.39, 0.29) is 6.04 Å². The van der Waals surface area contributed by atoms with E-state index in [0.717, 1.165) is 18.5 Å². The van der Waals surface area contributed by atoms with Gasteiger partial charge in [0.25, 0.3) is 0 Å². The van der Waals surface area contributed by atoms with Crippen LogP contribution in [0.15, 0.2) is 16.9 Å². The molecule has 0 fully saturated rings. The van der Waals surface area contributed by atoms with E-state index < -0.39 is 0 Å². The van der Waals surface area contributed by atoms with Crippen LogP contribution in [0.25, 0.3) is 0 Å². The van der Waals surface area contributed by atoms with E-state index >= 15 is 0 Å². The highest BCUT2D eigenvalue weighted by Gasteiger charge is 2.17. The highest BCUT2D eigenvalue weighted by molar-refractivity contribution is 5.03. The van der Waals surface area contributed by atoms with Crippen LogP contribution in [-0.2, 0) is 0 Å². The van der Waals surface area contributed by atoms with Gasteiger partial charge in [0, 0.05) is 6.07 Å². The van der Waals surface area contributed by atoms with Crippen molar-refractivity contribution in [1.29, 1.82) is 0 Å². The molecule has 1 atom stereocenters. The Bertz CT molecular complexity index is 204. The fourth-order valence-corrected chi connectivity index (χ4v) is 1.43. The molecule has 0 saturated carbocycles. The minimum Gasteiger partial charge on any atom is -0.364 e. The Morgan fingerprint density at radius 2 is 2.17 bits per heavy atom. The van der Waals surface area contributed by atoms with Crippen LogP contribution in [0.5, 0.6) is 0 Å². The first-order valence-electron chi connectivity index (χ1n) is 4.45. The number of hydrogen-bond donors (Lipinski definition) is 1. The third kappa shape index (κ3) is 1.85. The largest absolute Gasteiger partial charge is 0.364 e. The van der Waals surface area contributed by atoms with E-state index in [1.54, 1.807) is 6.26 Å². The van der Waals surface area contributed by atoms with Gasteiger partial charge >= 0.3 is 0 Å². The summed E-state index contributed by atoms with van der Waals surface area (Å²) >= 11 is 0. The van der Waals surface area contributed by atoms with E-state index in [2.05, 4.69) is 19.0 Å².